The van der Waals surface area contributed by atoms with Crippen molar-refractivity contribution in [1.29, 1.82) is 0 Å². The van der Waals surface area contributed by atoms with Crippen molar-refractivity contribution in [2.24, 2.45) is 10.7 Å². The molecule has 5 nitrogen and oxygen atoms in total. The SMILES string of the molecule is CCN(C(=O)C(C)S/C=C/F)/C(C=Nc1cccnc1)=C(\C)N. The first-order valence-electron chi connectivity index (χ1n) is 7.13. The Morgan fingerprint density at radius 3 is 2.87 bits per heavy atom. The fourth-order valence-electron chi connectivity index (χ4n) is 1.82. The minimum Gasteiger partial charge on any atom is -0.401 e. The van der Waals surface area contributed by atoms with E-state index in [1.165, 1.54) is 5.41 Å². The Hall–Kier alpha value is -2.15. The van der Waals surface area contributed by atoms with Crippen LogP contribution >= 0.6 is 11.8 Å². The number of halogens is 1. The van der Waals surface area contributed by atoms with E-state index in [-0.39, 0.29) is 5.91 Å². The summed E-state index contributed by atoms with van der Waals surface area (Å²) in [6.45, 7) is 5.71. The molecule has 0 spiro atoms. The lowest BCUT2D eigenvalue weighted by Gasteiger charge is -2.25. The zero-order valence-corrected chi connectivity index (χ0v) is 14.3. The number of allylic oxidation sites excluding steroid dienone is 2. The molecule has 0 saturated heterocycles. The summed E-state index contributed by atoms with van der Waals surface area (Å²) in [4.78, 5) is 22.3. The van der Waals surface area contributed by atoms with E-state index in [1.54, 1.807) is 49.5 Å². The van der Waals surface area contributed by atoms with Crippen LogP contribution in [0.3, 0.4) is 0 Å². The van der Waals surface area contributed by atoms with Crippen molar-refractivity contribution < 1.29 is 9.18 Å². The lowest BCUT2D eigenvalue weighted by atomic mass is 10.2. The Balaban J connectivity index is 3.00. The fraction of sp³-hybridized carbons (Fsp3) is 0.312. The molecule has 0 radical (unpaired) electrons. The highest BCUT2D eigenvalue weighted by atomic mass is 32.2. The summed E-state index contributed by atoms with van der Waals surface area (Å²) in [6, 6.07) is 3.58. The second kappa shape index (κ2) is 9.78. The number of aliphatic imine (C=N–C) groups is 1. The number of nitrogens with zero attached hydrogens (tertiary/aromatic N) is 3. The maximum Gasteiger partial charge on any atom is 0.240 e. The van der Waals surface area contributed by atoms with Gasteiger partial charge in [-0.2, -0.15) is 0 Å². The maximum atomic E-state index is 12.5. The van der Waals surface area contributed by atoms with Crippen molar-refractivity contribution in [1.82, 2.24) is 9.88 Å². The van der Waals surface area contributed by atoms with E-state index < -0.39 is 5.25 Å². The lowest BCUT2D eigenvalue weighted by Crippen LogP contribution is -2.37. The minimum atomic E-state index is -0.428. The molecule has 23 heavy (non-hydrogen) atoms. The highest BCUT2D eigenvalue weighted by molar-refractivity contribution is 8.03. The third-order valence-electron chi connectivity index (χ3n) is 2.94. The van der Waals surface area contributed by atoms with Gasteiger partial charge in [0.25, 0.3) is 0 Å². The second-order valence-electron chi connectivity index (χ2n) is 4.66. The largest absolute Gasteiger partial charge is 0.401 e. The van der Waals surface area contributed by atoms with Gasteiger partial charge in [0.2, 0.25) is 5.91 Å². The number of amides is 1. The molecule has 1 aromatic rings. The zero-order valence-electron chi connectivity index (χ0n) is 13.4. The second-order valence-corrected chi connectivity index (χ2v) is 5.91. The van der Waals surface area contributed by atoms with Gasteiger partial charge in [-0.05, 0) is 38.3 Å². The van der Waals surface area contributed by atoms with E-state index in [2.05, 4.69) is 9.98 Å². The third-order valence-corrected chi connectivity index (χ3v) is 3.81. The zero-order chi connectivity index (χ0) is 17.2. The van der Waals surface area contributed by atoms with Gasteiger partial charge in [-0.15, -0.1) is 11.8 Å². The van der Waals surface area contributed by atoms with E-state index in [1.807, 2.05) is 6.92 Å². The van der Waals surface area contributed by atoms with Crippen LogP contribution in [-0.4, -0.2) is 33.8 Å². The third kappa shape index (κ3) is 5.86. The van der Waals surface area contributed by atoms with Crippen LogP contribution in [0, 0.1) is 0 Å². The number of hydrogen-bond acceptors (Lipinski definition) is 5. The number of carbonyl (C=O) groups excluding carboxylic acids is 1. The maximum absolute atomic E-state index is 12.5. The molecule has 1 amide bonds. The minimum absolute atomic E-state index is 0.159. The number of hydrogen-bond donors (Lipinski definition) is 1. The molecule has 1 atom stereocenters. The number of aromatic nitrogens is 1. The molecule has 1 heterocycles. The summed E-state index contributed by atoms with van der Waals surface area (Å²) in [7, 11) is 0. The van der Waals surface area contributed by atoms with E-state index in [4.69, 9.17) is 5.73 Å². The van der Waals surface area contributed by atoms with Crippen molar-refractivity contribution >= 4 is 29.6 Å². The van der Waals surface area contributed by atoms with Gasteiger partial charge in [-0.1, -0.05) is 0 Å². The Bertz CT molecular complexity index is 597. The van der Waals surface area contributed by atoms with Crippen LogP contribution < -0.4 is 5.73 Å². The first-order chi connectivity index (χ1) is 11.0. The molecule has 124 valence electrons. The van der Waals surface area contributed by atoms with Gasteiger partial charge in [0.1, 0.15) is 0 Å². The van der Waals surface area contributed by atoms with Crippen LogP contribution in [-0.2, 0) is 4.79 Å². The molecule has 7 heteroatoms. The Kier molecular flexibility index (Phi) is 8.04. The highest BCUT2D eigenvalue weighted by Crippen LogP contribution is 2.18. The van der Waals surface area contributed by atoms with Gasteiger partial charge in [0, 0.05) is 18.4 Å². The van der Waals surface area contributed by atoms with Crippen molar-refractivity contribution in [3.63, 3.8) is 0 Å². The van der Waals surface area contributed by atoms with Crippen LogP contribution in [0.4, 0.5) is 10.1 Å². The van der Waals surface area contributed by atoms with Gasteiger partial charge in [0.05, 0.1) is 35.4 Å². The average Bonchev–Trinajstić information content (AvgIpc) is 2.56. The van der Waals surface area contributed by atoms with Crippen molar-refractivity contribution in [3.8, 4) is 0 Å². The van der Waals surface area contributed by atoms with Crippen LogP contribution in [0.15, 0.2) is 52.7 Å². The number of carbonyl (C=O) groups is 1. The van der Waals surface area contributed by atoms with Crippen molar-refractivity contribution in [2.75, 3.05) is 6.54 Å². The van der Waals surface area contributed by atoms with Crippen molar-refractivity contribution in [2.45, 2.75) is 26.0 Å². The van der Waals surface area contributed by atoms with Gasteiger partial charge < -0.3 is 10.6 Å². The number of pyridine rings is 1. The first kappa shape index (κ1) is 18.9. The van der Waals surface area contributed by atoms with Gasteiger partial charge >= 0.3 is 0 Å². The van der Waals surface area contributed by atoms with Crippen LogP contribution in [0.25, 0.3) is 0 Å². The van der Waals surface area contributed by atoms with Gasteiger partial charge in [-0.3, -0.25) is 14.8 Å². The molecule has 0 bridgehead atoms. The predicted molar refractivity (Wildman–Crippen MR) is 94.0 cm³/mol. The quantitative estimate of drug-likeness (QED) is 0.775. The topological polar surface area (TPSA) is 71.6 Å². The van der Waals surface area contributed by atoms with E-state index >= 15 is 0 Å². The fourth-order valence-corrected chi connectivity index (χ4v) is 2.36. The predicted octanol–water partition coefficient (Wildman–Crippen LogP) is 3.39. The summed E-state index contributed by atoms with van der Waals surface area (Å²) < 4.78 is 12.1. The van der Waals surface area contributed by atoms with Gasteiger partial charge in [-0.25, -0.2) is 4.39 Å². The molecule has 2 N–H and O–H groups in total. The Morgan fingerprint density at radius 1 is 1.61 bits per heavy atom. The average molecular weight is 336 g/mol. The van der Waals surface area contributed by atoms with Crippen LogP contribution in [0.1, 0.15) is 20.8 Å². The van der Waals surface area contributed by atoms with E-state index in [0.29, 0.717) is 30.0 Å². The Labute approximate surface area is 140 Å². The highest BCUT2D eigenvalue weighted by Gasteiger charge is 2.22. The molecular weight excluding hydrogens is 315 g/mol. The summed E-state index contributed by atoms with van der Waals surface area (Å²) >= 11 is 1.11. The van der Waals surface area contributed by atoms with E-state index in [0.717, 1.165) is 11.8 Å². The number of thioether (sulfide) groups is 1. The van der Waals surface area contributed by atoms with Crippen LogP contribution in [0.2, 0.25) is 0 Å². The smallest absolute Gasteiger partial charge is 0.240 e. The molecule has 0 fully saturated rings. The molecule has 1 aromatic heterocycles. The lowest BCUT2D eigenvalue weighted by molar-refractivity contribution is -0.127. The molecule has 1 rings (SSSR count). The molecule has 0 aliphatic carbocycles. The molecule has 0 saturated carbocycles. The van der Waals surface area contributed by atoms with Crippen molar-refractivity contribution in [3.05, 3.63) is 47.7 Å². The van der Waals surface area contributed by atoms with E-state index in [9.17, 15) is 9.18 Å². The molecule has 1 unspecified atom stereocenters. The number of nitrogens with two attached hydrogens (primary N) is 1. The Morgan fingerprint density at radius 2 is 2.35 bits per heavy atom. The molecule has 0 aromatic carbocycles. The van der Waals surface area contributed by atoms with Gasteiger partial charge in [0.15, 0.2) is 0 Å². The summed E-state index contributed by atoms with van der Waals surface area (Å²) in [6.07, 6.45) is 5.24. The monoisotopic (exact) mass is 336 g/mol. The standard InChI is InChI=1S/C16H21FN4OS/c1-4-21(16(22)13(3)23-9-7-17)15(12(2)18)11-20-14-6-5-8-19-10-14/h5-11,13H,4,18H2,1-3H3/b9-7+,15-12+,20-11?. The number of rotatable bonds is 7. The summed E-state index contributed by atoms with van der Waals surface area (Å²) in [5.41, 5.74) is 7.58. The molecular formula is C16H21FN4OS. The molecule has 0 aliphatic rings. The summed E-state index contributed by atoms with van der Waals surface area (Å²) in [5.74, 6) is -0.159. The summed E-state index contributed by atoms with van der Waals surface area (Å²) in [5, 5.41) is 0.821. The normalized spacial score (nSPS) is 14.1. The first-order valence-corrected chi connectivity index (χ1v) is 8.08. The molecule has 0 aliphatic heterocycles. The van der Waals surface area contributed by atoms with Crippen LogP contribution in [0.5, 0.6) is 0 Å².